The Morgan fingerprint density at radius 2 is 2.00 bits per heavy atom. The van der Waals surface area contributed by atoms with E-state index >= 15 is 0 Å². The highest BCUT2D eigenvalue weighted by Crippen LogP contribution is 2.22. The Bertz CT molecular complexity index is 920. The molecular weight excluding hydrogens is 330 g/mol. The summed E-state index contributed by atoms with van der Waals surface area (Å²) in [5, 5.41) is 15.1. The van der Waals surface area contributed by atoms with Crippen molar-refractivity contribution in [1.82, 2.24) is 9.88 Å². The molecule has 0 saturated carbocycles. The van der Waals surface area contributed by atoms with E-state index in [1.165, 1.54) is 18.2 Å². The third-order valence-electron chi connectivity index (χ3n) is 3.72. The molecule has 1 amide bonds. The second kappa shape index (κ2) is 6.72. The number of hydrogen-bond acceptors (Lipinski definition) is 3. The zero-order chi connectivity index (χ0) is 17.1. The van der Waals surface area contributed by atoms with Crippen LogP contribution in [0.4, 0.5) is 5.69 Å². The third-order valence-corrected chi connectivity index (χ3v) is 3.95. The molecule has 3 aromatic rings. The molecule has 0 saturated heterocycles. The molecule has 0 spiro atoms. The van der Waals surface area contributed by atoms with Crippen LogP contribution in [0.1, 0.15) is 10.4 Å². The van der Waals surface area contributed by atoms with Gasteiger partial charge in [-0.25, -0.2) is 0 Å². The maximum absolute atomic E-state index is 12.2. The van der Waals surface area contributed by atoms with Gasteiger partial charge in [-0.15, -0.1) is 0 Å². The SMILES string of the molecule is O=C(NCCn1ccc2ccccc21)c1cc(Cl)ccc1[N+](=O)[O-]. The predicted octanol–water partition coefficient (Wildman–Crippen LogP) is 3.63. The third kappa shape index (κ3) is 3.23. The monoisotopic (exact) mass is 343 g/mol. The lowest BCUT2D eigenvalue weighted by molar-refractivity contribution is -0.385. The van der Waals surface area contributed by atoms with E-state index in [-0.39, 0.29) is 16.3 Å². The molecule has 1 N–H and O–H groups in total. The summed E-state index contributed by atoms with van der Waals surface area (Å²) < 4.78 is 2.02. The van der Waals surface area contributed by atoms with Gasteiger partial charge >= 0.3 is 0 Å². The Morgan fingerprint density at radius 1 is 1.21 bits per heavy atom. The van der Waals surface area contributed by atoms with Crippen LogP contribution >= 0.6 is 11.6 Å². The summed E-state index contributed by atoms with van der Waals surface area (Å²) in [4.78, 5) is 22.7. The number of nitrogens with zero attached hydrogens (tertiary/aromatic N) is 2. The van der Waals surface area contributed by atoms with Crippen LogP contribution in [0, 0.1) is 10.1 Å². The normalized spacial score (nSPS) is 10.7. The van der Waals surface area contributed by atoms with Crippen molar-refractivity contribution in [2.75, 3.05) is 6.54 Å². The fourth-order valence-electron chi connectivity index (χ4n) is 2.57. The Hall–Kier alpha value is -2.86. The van der Waals surface area contributed by atoms with Crippen LogP contribution in [-0.4, -0.2) is 21.9 Å². The van der Waals surface area contributed by atoms with Gasteiger partial charge in [-0.3, -0.25) is 14.9 Å². The number of amides is 1. The maximum Gasteiger partial charge on any atom is 0.282 e. The van der Waals surface area contributed by atoms with Gasteiger partial charge < -0.3 is 9.88 Å². The van der Waals surface area contributed by atoms with Crippen LogP contribution in [-0.2, 0) is 6.54 Å². The molecule has 0 radical (unpaired) electrons. The first kappa shape index (κ1) is 16.0. The van der Waals surface area contributed by atoms with E-state index < -0.39 is 10.8 Å². The van der Waals surface area contributed by atoms with Crippen molar-refractivity contribution in [3.63, 3.8) is 0 Å². The fourth-order valence-corrected chi connectivity index (χ4v) is 2.74. The highest BCUT2D eigenvalue weighted by atomic mass is 35.5. The number of nitrogens with one attached hydrogen (secondary N) is 1. The van der Waals surface area contributed by atoms with Gasteiger partial charge in [0.2, 0.25) is 0 Å². The van der Waals surface area contributed by atoms with Crippen LogP contribution in [0.15, 0.2) is 54.7 Å². The molecule has 24 heavy (non-hydrogen) atoms. The van der Waals surface area contributed by atoms with Crippen molar-refractivity contribution in [2.45, 2.75) is 6.54 Å². The number of hydrogen-bond donors (Lipinski definition) is 1. The first-order valence-corrected chi connectivity index (χ1v) is 7.70. The number of fused-ring (bicyclic) bond motifs is 1. The lowest BCUT2D eigenvalue weighted by Crippen LogP contribution is -2.27. The zero-order valence-corrected chi connectivity index (χ0v) is 13.4. The minimum atomic E-state index is -0.593. The lowest BCUT2D eigenvalue weighted by Gasteiger charge is -2.08. The van der Waals surface area contributed by atoms with E-state index in [9.17, 15) is 14.9 Å². The second-order valence-electron chi connectivity index (χ2n) is 5.24. The van der Waals surface area contributed by atoms with Crippen molar-refractivity contribution >= 4 is 34.1 Å². The summed E-state index contributed by atoms with van der Waals surface area (Å²) in [7, 11) is 0. The zero-order valence-electron chi connectivity index (χ0n) is 12.6. The summed E-state index contributed by atoms with van der Waals surface area (Å²) in [6, 6.07) is 13.9. The van der Waals surface area contributed by atoms with Gasteiger partial charge in [0.15, 0.2) is 0 Å². The molecule has 122 valence electrons. The summed E-state index contributed by atoms with van der Waals surface area (Å²) in [5.74, 6) is -0.513. The number of carbonyl (C=O) groups is 1. The summed E-state index contributed by atoms with van der Waals surface area (Å²) in [5.41, 5.74) is 0.772. The number of halogens is 1. The minimum Gasteiger partial charge on any atom is -0.350 e. The van der Waals surface area contributed by atoms with Gasteiger partial charge in [0.25, 0.3) is 11.6 Å². The Kier molecular flexibility index (Phi) is 4.48. The second-order valence-corrected chi connectivity index (χ2v) is 5.68. The predicted molar refractivity (Wildman–Crippen MR) is 92.4 cm³/mol. The smallest absolute Gasteiger partial charge is 0.282 e. The van der Waals surface area contributed by atoms with E-state index in [2.05, 4.69) is 5.32 Å². The van der Waals surface area contributed by atoms with Gasteiger partial charge in [-0.1, -0.05) is 29.8 Å². The van der Waals surface area contributed by atoms with Crippen LogP contribution in [0.25, 0.3) is 10.9 Å². The van der Waals surface area contributed by atoms with E-state index in [0.29, 0.717) is 13.1 Å². The molecule has 0 atom stereocenters. The lowest BCUT2D eigenvalue weighted by atomic mass is 10.1. The molecule has 0 aliphatic carbocycles. The standard InChI is InChI=1S/C17H14ClN3O3/c18-13-5-6-16(21(23)24)14(11-13)17(22)19-8-10-20-9-7-12-3-1-2-4-15(12)20/h1-7,9,11H,8,10H2,(H,19,22). The molecule has 2 aromatic carbocycles. The molecule has 1 heterocycles. The van der Waals surface area contributed by atoms with Crippen molar-refractivity contribution in [3.05, 3.63) is 75.4 Å². The Labute approximate surface area is 142 Å². The average Bonchev–Trinajstić information content (AvgIpc) is 2.98. The molecule has 1 aromatic heterocycles. The molecule has 6 nitrogen and oxygen atoms in total. The number of carbonyl (C=O) groups excluding carboxylic acids is 1. The van der Waals surface area contributed by atoms with Crippen LogP contribution < -0.4 is 5.32 Å². The quantitative estimate of drug-likeness (QED) is 0.567. The highest BCUT2D eigenvalue weighted by Gasteiger charge is 2.20. The largest absolute Gasteiger partial charge is 0.350 e. The van der Waals surface area contributed by atoms with Crippen LogP contribution in [0.5, 0.6) is 0 Å². The van der Waals surface area contributed by atoms with Gasteiger partial charge in [0, 0.05) is 35.9 Å². The summed E-state index contributed by atoms with van der Waals surface area (Å²) >= 11 is 5.84. The molecule has 0 aliphatic rings. The molecular formula is C17H14ClN3O3. The van der Waals surface area contributed by atoms with E-state index in [1.54, 1.807) is 0 Å². The van der Waals surface area contributed by atoms with Gasteiger partial charge in [-0.05, 0) is 29.7 Å². The Morgan fingerprint density at radius 3 is 2.79 bits per heavy atom. The molecule has 0 bridgehead atoms. The summed E-state index contributed by atoms with van der Waals surface area (Å²) in [6.45, 7) is 0.911. The molecule has 0 aliphatic heterocycles. The van der Waals surface area contributed by atoms with Gasteiger partial charge in [0.1, 0.15) is 5.56 Å². The topological polar surface area (TPSA) is 77.2 Å². The molecule has 3 rings (SSSR count). The van der Waals surface area contributed by atoms with E-state index in [0.717, 1.165) is 10.9 Å². The Balaban J connectivity index is 1.70. The fraction of sp³-hybridized carbons (Fsp3) is 0.118. The van der Waals surface area contributed by atoms with Gasteiger partial charge in [0.05, 0.1) is 4.92 Å². The molecule has 0 fully saturated rings. The molecule has 0 unspecified atom stereocenters. The molecule has 7 heteroatoms. The van der Waals surface area contributed by atoms with Crippen LogP contribution in [0.2, 0.25) is 5.02 Å². The van der Waals surface area contributed by atoms with E-state index in [4.69, 9.17) is 11.6 Å². The van der Waals surface area contributed by atoms with Crippen molar-refractivity contribution in [2.24, 2.45) is 0 Å². The maximum atomic E-state index is 12.2. The number of rotatable bonds is 5. The number of para-hydroxylation sites is 1. The highest BCUT2D eigenvalue weighted by molar-refractivity contribution is 6.31. The summed E-state index contributed by atoms with van der Waals surface area (Å²) in [6.07, 6.45) is 1.94. The van der Waals surface area contributed by atoms with Crippen LogP contribution in [0.3, 0.4) is 0 Å². The van der Waals surface area contributed by atoms with E-state index in [1.807, 2.05) is 41.1 Å². The van der Waals surface area contributed by atoms with Gasteiger partial charge in [-0.2, -0.15) is 0 Å². The first-order valence-electron chi connectivity index (χ1n) is 7.32. The minimum absolute atomic E-state index is 0.0372. The van der Waals surface area contributed by atoms with Crippen molar-refractivity contribution in [3.8, 4) is 0 Å². The van der Waals surface area contributed by atoms with Crippen molar-refractivity contribution in [1.29, 1.82) is 0 Å². The number of nitro benzene ring substituents is 1. The number of benzene rings is 2. The first-order chi connectivity index (χ1) is 11.6. The number of aromatic nitrogens is 1. The van der Waals surface area contributed by atoms with Crippen molar-refractivity contribution < 1.29 is 9.72 Å². The average molecular weight is 344 g/mol. The number of nitro groups is 1.